The summed E-state index contributed by atoms with van der Waals surface area (Å²) in [6, 6.07) is 17.6. The average molecular weight is 454 g/mol. The molecule has 0 saturated carbocycles. The molecular formula is C26H22N4O4. The van der Waals surface area contributed by atoms with Crippen LogP contribution in [0.5, 0.6) is 0 Å². The van der Waals surface area contributed by atoms with Crippen LogP contribution in [0, 0.1) is 0 Å². The third-order valence-corrected chi connectivity index (χ3v) is 5.37. The molecule has 8 heteroatoms. The lowest BCUT2D eigenvalue weighted by molar-refractivity contribution is -0.124. The lowest BCUT2D eigenvalue weighted by Crippen LogP contribution is -2.38. The Hall–Kier alpha value is -4.56. The Morgan fingerprint density at radius 1 is 0.971 bits per heavy atom. The summed E-state index contributed by atoms with van der Waals surface area (Å²) < 4.78 is 0. The van der Waals surface area contributed by atoms with Gasteiger partial charge < -0.3 is 4.98 Å². The molecule has 2 aromatic heterocycles. The number of benzene rings is 2. The Morgan fingerprint density at radius 3 is 2.47 bits per heavy atom. The smallest absolute Gasteiger partial charge is 0.267 e. The first kappa shape index (κ1) is 22.6. The van der Waals surface area contributed by atoms with E-state index in [0.717, 1.165) is 22.5 Å². The van der Waals surface area contributed by atoms with Crippen LogP contribution in [-0.2, 0) is 11.2 Å². The van der Waals surface area contributed by atoms with Crippen LogP contribution in [0.25, 0.3) is 17.0 Å². The van der Waals surface area contributed by atoms with Crippen LogP contribution in [0.3, 0.4) is 0 Å². The molecule has 8 nitrogen and oxygen atoms in total. The van der Waals surface area contributed by atoms with Gasteiger partial charge in [0.15, 0.2) is 0 Å². The molecule has 3 amide bonds. The first-order valence-corrected chi connectivity index (χ1v) is 10.6. The number of rotatable bonds is 7. The Kier molecular flexibility index (Phi) is 6.90. The van der Waals surface area contributed by atoms with Crippen molar-refractivity contribution in [2.75, 3.05) is 6.54 Å². The molecule has 0 bridgehead atoms. The van der Waals surface area contributed by atoms with Crippen LogP contribution in [0.4, 0.5) is 0 Å². The summed E-state index contributed by atoms with van der Waals surface area (Å²) in [4.78, 5) is 46.2. The molecule has 3 N–H and O–H groups in total. The van der Waals surface area contributed by atoms with Gasteiger partial charge in [-0.15, -0.1) is 0 Å². The number of para-hydroxylation sites is 1. The fraction of sp³-hybridized carbons (Fsp3) is 0.0769. The highest BCUT2D eigenvalue weighted by molar-refractivity contribution is 6.10. The molecule has 0 aliphatic rings. The molecular weight excluding hydrogens is 432 g/mol. The van der Waals surface area contributed by atoms with Crippen molar-refractivity contribution in [1.82, 2.24) is 20.3 Å². The molecule has 4 rings (SSSR count). The van der Waals surface area contributed by atoms with Crippen LogP contribution >= 0.6 is 0 Å². The van der Waals surface area contributed by atoms with Crippen LogP contribution in [0.15, 0.2) is 85.3 Å². The van der Waals surface area contributed by atoms with E-state index in [9.17, 15) is 14.4 Å². The van der Waals surface area contributed by atoms with Crippen molar-refractivity contribution in [2.24, 2.45) is 0 Å². The van der Waals surface area contributed by atoms with Gasteiger partial charge in [-0.2, -0.15) is 0 Å². The highest BCUT2D eigenvalue weighted by Crippen LogP contribution is 2.20. The number of pyridine rings is 1. The number of carbonyl (C=O) groups excluding carboxylic acids is 3. The molecule has 2 aromatic carbocycles. The predicted octanol–water partition coefficient (Wildman–Crippen LogP) is 3.61. The zero-order valence-electron chi connectivity index (χ0n) is 18.1. The number of hydrogen-bond donors (Lipinski definition) is 3. The number of H-pyrrole nitrogens is 1. The van der Waals surface area contributed by atoms with E-state index in [1.807, 2.05) is 30.5 Å². The predicted molar refractivity (Wildman–Crippen MR) is 127 cm³/mol. The van der Waals surface area contributed by atoms with E-state index in [4.69, 9.17) is 5.21 Å². The summed E-state index contributed by atoms with van der Waals surface area (Å²) in [5.41, 5.74) is 4.83. The van der Waals surface area contributed by atoms with Crippen LogP contribution < -0.4 is 5.48 Å². The lowest BCUT2D eigenvalue weighted by Gasteiger charge is -2.21. The van der Waals surface area contributed by atoms with E-state index >= 15 is 0 Å². The number of hydrogen-bond acceptors (Lipinski definition) is 5. The van der Waals surface area contributed by atoms with Gasteiger partial charge >= 0.3 is 0 Å². The second-order valence-corrected chi connectivity index (χ2v) is 7.54. The van der Waals surface area contributed by atoms with Crippen molar-refractivity contribution in [3.63, 3.8) is 0 Å². The molecule has 0 fully saturated rings. The van der Waals surface area contributed by atoms with Crippen molar-refractivity contribution in [1.29, 1.82) is 0 Å². The first-order chi connectivity index (χ1) is 16.6. The van der Waals surface area contributed by atoms with E-state index in [-0.39, 0.29) is 6.54 Å². The molecule has 0 atom stereocenters. The monoisotopic (exact) mass is 454 g/mol. The number of nitrogens with one attached hydrogen (secondary N) is 2. The van der Waals surface area contributed by atoms with E-state index in [1.54, 1.807) is 42.6 Å². The molecule has 0 unspecified atom stereocenters. The van der Waals surface area contributed by atoms with Gasteiger partial charge in [0.2, 0.25) is 0 Å². The maximum Gasteiger partial charge on any atom is 0.267 e. The Morgan fingerprint density at radius 2 is 1.74 bits per heavy atom. The van der Waals surface area contributed by atoms with E-state index in [1.165, 1.54) is 22.7 Å². The van der Waals surface area contributed by atoms with E-state index in [2.05, 4.69) is 9.97 Å². The topological polar surface area (TPSA) is 115 Å². The first-order valence-electron chi connectivity index (χ1n) is 10.6. The zero-order chi connectivity index (χ0) is 23.9. The number of carbonyl (C=O) groups is 3. The minimum atomic E-state index is -0.661. The largest absolute Gasteiger partial charge is 0.361 e. The normalized spacial score (nSPS) is 11.0. The molecule has 0 radical (unpaired) electrons. The summed E-state index contributed by atoms with van der Waals surface area (Å²) in [5.74, 6) is -1.52. The molecule has 170 valence electrons. The molecule has 0 aliphatic carbocycles. The minimum Gasteiger partial charge on any atom is -0.361 e. The molecule has 0 spiro atoms. The van der Waals surface area contributed by atoms with E-state index < -0.39 is 17.7 Å². The second kappa shape index (κ2) is 10.4. The highest BCUT2D eigenvalue weighted by atomic mass is 16.5. The van der Waals surface area contributed by atoms with Crippen molar-refractivity contribution in [3.8, 4) is 0 Å². The summed E-state index contributed by atoms with van der Waals surface area (Å²) in [6.07, 6.45) is 8.04. The average Bonchev–Trinajstić information content (AvgIpc) is 3.31. The van der Waals surface area contributed by atoms with Gasteiger partial charge in [0.1, 0.15) is 0 Å². The minimum absolute atomic E-state index is 0.187. The molecule has 2 heterocycles. The van der Waals surface area contributed by atoms with Crippen LogP contribution in [0.1, 0.15) is 31.8 Å². The number of hydroxylamine groups is 1. The van der Waals surface area contributed by atoms with Gasteiger partial charge in [-0.25, -0.2) is 5.48 Å². The SMILES string of the molecule is O=C(/C=C/c1ccc(C(=O)N(CCc2c[nH]c3ccccc23)C(=O)c2cccnc2)cc1)NO. The van der Waals surface area contributed by atoms with Crippen molar-refractivity contribution in [3.05, 3.63) is 108 Å². The molecule has 0 aliphatic heterocycles. The highest BCUT2D eigenvalue weighted by Gasteiger charge is 2.24. The Labute approximate surface area is 195 Å². The van der Waals surface area contributed by atoms with Gasteiger partial charge in [0, 0.05) is 47.7 Å². The van der Waals surface area contributed by atoms with Gasteiger partial charge in [-0.05, 0) is 54.0 Å². The van der Waals surface area contributed by atoms with Crippen molar-refractivity contribution in [2.45, 2.75) is 6.42 Å². The number of imide groups is 1. The maximum absolute atomic E-state index is 13.4. The van der Waals surface area contributed by atoms with Gasteiger partial charge in [-0.3, -0.25) is 29.5 Å². The number of fused-ring (bicyclic) bond motifs is 1. The fourth-order valence-electron chi connectivity index (χ4n) is 3.61. The summed E-state index contributed by atoms with van der Waals surface area (Å²) >= 11 is 0. The molecule has 4 aromatic rings. The quantitative estimate of drug-likeness (QED) is 0.171. The third kappa shape index (κ3) is 5.08. The number of nitrogens with zero attached hydrogens (tertiary/aromatic N) is 2. The van der Waals surface area contributed by atoms with Crippen molar-refractivity contribution >= 4 is 34.7 Å². The van der Waals surface area contributed by atoms with Crippen LogP contribution in [-0.4, -0.2) is 44.3 Å². The Balaban J connectivity index is 1.58. The number of aromatic nitrogens is 2. The molecule has 0 saturated heterocycles. The maximum atomic E-state index is 13.4. The Bertz CT molecular complexity index is 1340. The summed E-state index contributed by atoms with van der Waals surface area (Å²) in [7, 11) is 0. The third-order valence-electron chi connectivity index (χ3n) is 5.37. The van der Waals surface area contributed by atoms with Crippen molar-refractivity contribution < 1.29 is 19.6 Å². The standard InChI is InChI=1S/C26H22N4O4/c31-24(29-34)12-9-18-7-10-19(11-8-18)25(32)30(26(33)21-4-3-14-27-16-21)15-13-20-17-28-23-6-2-1-5-22(20)23/h1-12,14,16-17,28,34H,13,15H2,(H,29,31)/b12-9+. The lowest BCUT2D eigenvalue weighted by atomic mass is 10.1. The fourth-order valence-corrected chi connectivity index (χ4v) is 3.61. The van der Waals surface area contributed by atoms with E-state index in [0.29, 0.717) is 23.1 Å². The summed E-state index contributed by atoms with van der Waals surface area (Å²) in [6.45, 7) is 0.187. The second-order valence-electron chi connectivity index (χ2n) is 7.54. The number of amides is 3. The van der Waals surface area contributed by atoms with Gasteiger partial charge in [0.05, 0.1) is 5.56 Å². The van der Waals surface area contributed by atoms with Gasteiger partial charge in [-0.1, -0.05) is 30.3 Å². The number of aromatic amines is 1. The summed E-state index contributed by atoms with van der Waals surface area (Å²) in [5, 5.41) is 9.62. The van der Waals surface area contributed by atoms with Crippen LogP contribution in [0.2, 0.25) is 0 Å². The van der Waals surface area contributed by atoms with Gasteiger partial charge in [0.25, 0.3) is 17.7 Å². The zero-order valence-corrected chi connectivity index (χ0v) is 18.1. The molecule has 34 heavy (non-hydrogen) atoms.